The molecule has 0 radical (unpaired) electrons. The highest BCUT2D eigenvalue weighted by atomic mass is 19.1. The Balaban J connectivity index is 1.66. The van der Waals surface area contributed by atoms with Crippen molar-refractivity contribution in [1.82, 2.24) is 20.0 Å². The number of halogens is 1. The number of aryl methyl sites for hydroxylation is 1. The highest BCUT2D eigenvalue weighted by Crippen LogP contribution is 2.46. The molecule has 1 aromatic carbocycles. The highest BCUT2D eigenvalue weighted by molar-refractivity contribution is 5.60. The Labute approximate surface area is 216 Å². The van der Waals surface area contributed by atoms with Crippen molar-refractivity contribution in [1.29, 1.82) is 0 Å². The lowest BCUT2D eigenvalue weighted by atomic mass is 9.94. The van der Waals surface area contributed by atoms with E-state index < -0.39 is 0 Å². The number of nitrogens with zero attached hydrogens (tertiary/aromatic N) is 3. The lowest BCUT2D eigenvalue weighted by Crippen LogP contribution is -2.59. The van der Waals surface area contributed by atoms with Crippen molar-refractivity contribution in [2.24, 2.45) is 0 Å². The predicted molar refractivity (Wildman–Crippen MR) is 145 cm³/mol. The Kier molecular flexibility index (Phi) is 8.06. The second-order valence-corrected chi connectivity index (χ2v) is 10.1. The summed E-state index contributed by atoms with van der Waals surface area (Å²) in [5, 5.41) is 3.41. The van der Waals surface area contributed by atoms with Crippen molar-refractivity contribution in [3.8, 4) is 0 Å². The summed E-state index contributed by atoms with van der Waals surface area (Å²) in [7, 11) is 6.10. The summed E-state index contributed by atoms with van der Waals surface area (Å²) < 4.78 is 20.9. The van der Waals surface area contributed by atoms with Gasteiger partial charge in [0.2, 0.25) is 0 Å². The Morgan fingerprint density at radius 3 is 2.56 bits per heavy atom. The summed E-state index contributed by atoms with van der Waals surface area (Å²) in [4.78, 5) is 7.30. The van der Waals surface area contributed by atoms with Crippen LogP contribution in [-0.4, -0.2) is 61.2 Å². The van der Waals surface area contributed by atoms with Crippen LogP contribution < -0.4 is 5.32 Å². The van der Waals surface area contributed by atoms with E-state index in [9.17, 15) is 0 Å². The fraction of sp³-hybridized carbons (Fsp3) is 0.467. The van der Waals surface area contributed by atoms with Gasteiger partial charge in [0.1, 0.15) is 11.6 Å². The Hall–Kier alpha value is -2.83. The highest BCUT2D eigenvalue weighted by Gasteiger charge is 2.45. The van der Waals surface area contributed by atoms with Crippen LogP contribution in [0.15, 0.2) is 78.0 Å². The van der Waals surface area contributed by atoms with E-state index in [-0.39, 0.29) is 18.0 Å². The van der Waals surface area contributed by atoms with Gasteiger partial charge in [0, 0.05) is 47.7 Å². The second kappa shape index (κ2) is 11.1. The third-order valence-corrected chi connectivity index (χ3v) is 7.79. The Morgan fingerprint density at radius 1 is 1.22 bits per heavy atom. The minimum atomic E-state index is -0.128. The maximum atomic E-state index is 15.0. The van der Waals surface area contributed by atoms with E-state index in [4.69, 9.17) is 4.74 Å². The van der Waals surface area contributed by atoms with Crippen molar-refractivity contribution in [2.45, 2.75) is 57.8 Å². The molecule has 1 N–H and O–H groups in total. The molecule has 2 saturated heterocycles. The maximum absolute atomic E-state index is 15.0. The molecule has 1 aromatic rings. The molecule has 0 amide bonds. The van der Waals surface area contributed by atoms with Crippen LogP contribution in [0.1, 0.15) is 43.7 Å². The van der Waals surface area contributed by atoms with Crippen LogP contribution in [0.3, 0.4) is 0 Å². The molecule has 1 unspecified atom stereocenters. The first-order valence-corrected chi connectivity index (χ1v) is 13.1. The summed E-state index contributed by atoms with van der Waals surface area (Å²) in [6.45, 7) is 17.5. The zero-order chi connectivity index (χ0) is 26.0. The molecule has 0 aliphatic carbocycles. The molecular formula is C30H41FN4O. The largest absolute Gasteiger partial charge is 0.494 e. The first-order chi connectivity index (χ1) is 17.3. The molecule has 0 spiro atoms. The van der Waals surface area contributed by atoms with Crippen molar-refractivity contribution in [3.05, 3.63) is 95.0 Å². The van der Waals surface area contributed by atoms with Crippen molar-refractivity contribution < 1.29 is 9.13 Å². The predicted octanol–water partition coefficient (Wildman–Crippen LogP) is 5.31. The first kappa shape index (κ1) is 26.2. The van der Waals surface area contributed by atoms with Crippen molar-refractivity contribution in [3.63, 3.8) is 0 Å². The van der Waals surface area contributed by atoms with E-state index in [2.05, 4.69) is 60.8 Å². The normalized spacial score (nSPS) is 21.8. The molecule has 3 aliphatic rings. The SMILES string of the molecule is C=CC1=C(OC)C(=C)C(C(=C)NCc2cccc(CCC)c2F)=C2CCC(C3N(C)CCCN3C)N12. The number of hydrogen-bond donors (Lipinski definition) is 1. The van der Waals surface area contributed by atoms with Gasteiger partial charge >= 0.3 is 0 Å². The Morgan fingerprint density at radius 2 is 1.92 bits per heavy atom. The number of fused-ring (bicyclic) bond motifs is 1. The summed E-state index contributed by atoms with van der Waals surface area (Å²) in [5.74, 6) is 0.591. The van der Waals surface area contributed by atoms with Crippen LogP contribution in [-0.2, 0) is 17.7 Å². The lowest BCUT2D eigenvalue weighted by Gasteiger charge is -2.47. The number of rotatable bonds is 9. The number of methoxy groups -OCH3 is 1. The van der Waals surface area contributed by atoms with Crippen LogP contribution in [0, 0.1) is 5.82 Å². The minimum absolute atomic E-state index is 0.128. The zero-order valence-corrected chi connectivity index (χ0v) is 22.4. The smallest absolute Gasteiger partial charge is 0.149 e. The molecule has 36 heavy (non-hydrogen) atoms. The van der Waals surface area contributed by atoms with E-state index in [1.54, 1.807) is 7.11 Å². The molecule has 5 nitrogen and oxygen atoms in total. The minimum Gasteiger partial charge on any atom is -0.494 e. The van der Waals surface area contributed by atoms with Crippen LogP contribution in [0.2, 0.25) is 0 Å². The van der Waals surface area contributed by atoms with E-state index >= 15 is 4.39 Å². The average molecular weight is 493 g/mol. The van der Waals surface area contributed by atoms with Crippen LogP contribution >= 0.6 is 0 Å². The molecule has 6 heteroatoms. The van der Waals surface area contributed by atoms with E-state index in [0.29, 0.717) is 12.1 Å². The topological polar surface area (TPSA) is 31.0 Å². The molecule has 4 rings (SSSR count). The van der Waals surface area contributed by atoms with Crippen molar-refractivity contribution >= 4 is 0 Å². The van der Waals surface area contributed by atoms with E-state index in [1.807, 2.05) is 24.3 Å². The van der Waals surface area contributed by atoms with Gasteiger partial charge < -0.3 is 15.0 Å². The van der Waals surface area contributed by atoms with Gasteiger partial charge in [-0.15, -0.1) is 0 Å². The van der Waals surface area contributed by atoms with Gasteiger partial charge in [-0.1, -0.05) is 51.3 Å². The molecular weight excluding hydrogens is 451 g/mol. The van der Waals surface area contributed by atoms with Crippen molar-refractivity contribution in [2.75, 3.05) is 34.3 Å². The standard InChI is InChI=1S/C30H41FN4O/c1-8-12-22-13-10-14-23(28(22)31)19-32-21(4)27-20(3)29(36-7)24(9-2)35-25(27)15-16-26(35)30-33(5)17-11-18-34(30)6/h9-10,13-14,26,30,32H,2-4,8,11-12,15-19H2,1,5-7H3. The maximum Gasteiger partial charge on any atom is 0.149 e. The van der Waals surface area contributed by atoms with Crippen LogP contribution in [0.5, 0.6) is 0 Å². The van der Waals surface area contributed by atoms with Gasteiger partial charge in [-0.3, -0.25) is 9.80 Å². The number of allylic oxidation sites excluding steroid dienone is 4. The fourth-order valence-corrected chi connectivity index (χ4v) is 6.19. The summed E-state index contributed by atoms with van der Waals surface area (Å²) in [6.07, 6.45) is 6.91. The first-order valence-electron chi connectivity index (χ1n) is 13.1. The zero-order valence-electron chi connectivity index (χ0n) is 22.4. The summed E-state index contributed by atoms with van der Waals surface area (Å²) >= 11 is 0. The third-order valence-electron chi connectivity index (χ3n) is 7.79. The summed E-state index contributed by atoms with van der Waals surface area (Å²) in [5.41, 5.74) is 6.05. The number of likely N-dealkylation sites (N-methyl/N-ethyl adjacent to an activating group) is 2. The Bertz CT molecular complexity index is 1090. The number of nitrogens with one attached hydrogen (secondary N) is 1. The van der Waals surface area contributed by atoms with Gasteiger partial charge in [0.25, 0.3) is 0 Å². The summed E-state index contributed by atoms with van der Waals surface area (Å²) in [6, 6.07) is 5.89. The average Bonchev–Trinajstić information content (AvgIpc) is 3.27. The van der Waals surface area contributed by atoms with Crippen LogP contribution in [0.25, 0.3) is 0 Å². The number of hydrogen-bond acceptors (Lipinski definition) is 5. The van der Waals surface area contributed by atoms with Gasteiger partial charge in [0.15, 0.2) is 0 Å². The monoisotopic (exact) mass is 492 g/mol. The number of ether oxygens (including phenoxy) is 1. The molecule has 0 bridgehead atoms. The molecule has 3 aliphatic heterocycles. The third kappa shape index (κ3) is 4.64. The molecule has 0 saturated carbocycles. The molecule has 0 aromatic heterocycles. The number of benzene rings is 1. The molecule has 194 valence electrons. The van der Waals surface area contributed by atoms with E-state index in [0.717, 1.165) is 72.6 Å². The molecule has 1 atom stereocenters. The quantitative estimate of drug-likeness (QED) is 0.505. The van der Waals surface area contributed by atoms with Gasteiger partial charge in [-0.25, -0.2) is 4.39 Å². The fourth-order valence-electron chi connectivity index (χ4n) is 6.19. The molecule has 2 fully saturated rings. The van der Waals surface area contributed by atoms with E-state index in [1.165, 1.54) is 12.1 Å². The van der Waals surface area contributed by atoms with Gasteiger partial charge in [-0.2, -0.15) is 0 Å². The van der Waals surface area contributed by atoms with Gasteiger partial charge in [0.05, 0.1) is 25.0 Å². The van der Waals surface area contributed by atoms with Gasteiger partial charge in [-0.05, 0) is 51.4 Å². The van der Waals surface area contributed by atoms with Crippen LogP contribution in [0.4, 0.5) is 4.39 Å². The second-order valence-electron chi connectivity index (χ2n) is 10.1. The lowest BCUT2D eigenvalue weighted by molar-refractivity contribution is -0.00242. The molecule has 3 heterocycles.